The minimum Gasteiger partial charge on any atom is -0.489 e. The maximum absolute atomic E-state index is 5.84. The predicted molar refractivity (Wildman–Crippen MR) is 121 cm³/mol. The Bertz CT molecular complexity index is 891. The Labute approximate surface area is 176 Å². The van der Waals surface area contributed by atoms with Gasteiger partial charge < -0.3 is 15.4 Å². The standard InChI is InChI=1S/C23H28N4OS/c1-18-16-27-22(29-18)13-15-26-23(24-2)25-14-12-19-8-10-21(11-9-19)28-17-20-6-4-3-5-7-20/h3-11,16H,12-15,17H2,1-2H3,(H2,24,25,26). The molecule has 152 valence electrons. The summed E-state index contributed by atoms with van der Waals surface area (Å²) in [6.07, 6.45) is 3.75. The Hall–Kier alpha value is -2.86. The molecule has 3 aromatic rings. The highest BCUT2D eigenvalue weighted by Crippen LogP contribution is 2.14. The third-order valence-corrected chi connectivity index (χ3v) is 5.37. The normalized spacial score (nSPS) is 11.3. The Balaban J connectivity index is 1.35. The molecule has 0 spiro atoms. The van der Waals surface area contributed by atoms with E-state index >= 15 is 0 Å². The molecule has 0 aliphatic rings. The zero-order chi connectivity index (χ0) is 20.3. The molecule has 1 heterocycles. The van der Waals surface area contributed by atoms with Crippen LogP contribution < -0.4 is 15.4 Å². The molecule has 0 bridgehead atoms. The van der Waals surface area contributed by atoms with Crippen molar-refractivity contribution in [1.82, 2.24) is 15.6 Å². The van der Waals surface area contributed by atoms with E-state index in [2.05, 4.69) is 51.8 Å². The fourth-order valence-corrected chi connectivity index (χ4v) is 3.63. The van der Waals surface area contributed by atoms with E-state index in [1.807, 2.05) is 36.5 Å². The maximum Gasteiger partial charge on any atom is 0.191 e. The second-order valence-corrected chi connectivity index (χ2v) is 8.03. The lowest BCUT2D eigenvalue weighted by Gasteiger charge is -2.12. The second-order valence-electron chi connectivity index (χ2n) is 6.71. The van der Waals surface area contributed by atoms with E-state index in [0.29, 0.717) is 6.61 Å². The summed E-state index contributed by atoms with van der Waals surface area (Å²) < 4.78 is 5.84. The zero-order valence-electron chi connectivity index (χ0n) is 17.0. The monoisotopic (exact) mass is 408 g/mol. The molecule has 6 heteroatoms. The number of rotatable bonds is 9. The average Bonchev–Trinajstić information content (AvgIpc) is 3.17. The molecule has 0 aliphatic carbocycles. The minimum atomic E-state index is 0.588. The van der Waals surface area contributed by atoms with E-state index in [9.17, 15) is 0 Å². The number of aryl methyl sites for hydroxylation is 1. The molecule has 2 aromatic carbocycles. The van der Waals surface area contributed by atoms with Crippen LogP contribution in [0.4, 0.5) is 0 Å². The Morgan fingerprint density at radius 2 is 1.69 bits per heavy atom. The van der Waals surface area contributed by atoms with Crippen LogP contribution in [0.25, 0.3) is 0 Å². The van der Waals surface area contributed by atoms with Crippen LogP contribution in [0.3, 0.4) is 0 Å². The van der Waals surface area contributed by atoms with Gasteiger partial charge in [0, 0.05) is 37.6 Å². The Morgan fingerprint density at radius 3 is 2.34 bits per heavy atom. The number of hydrogen-bond donors (Lipinski definition) is 2. The van der Waals surface area contributed by atoms with Crippen LogP contribution in [0, 0.1) is 6.92 Å². The van der Waals surface area contributed by atoms with Crippen LogP contribution in [-0.2, 0) is 19.4 Å². The van der Waals surface area contributed by atoms with Crippen LogP contribution >= 0.6 is 11.3 Å². The summed E-state index contributed by atoms with van der Waals surface area (Å²) in [5.41, 5.74) is 2.43. The molecule has 1 aromatic heterocycles. The lowest BCUT2D eigenvalue weighted by atomic mass is 10.1. The van der Waals surface area contributed by atoms with E-state index in [0.717, 1.165) is 42.6 Å². The van der Waals surface area contributed by atoms with Gasteiger partial charge in [0.2, 0.25) is 0 Å². The van der Waals surface area contributed by atoms with Crippen molar-refractivity contribution in [2.75, 3.05) is 20.1 Å². The number of aliphatic imine (C=N–C) groups is 1. The van der Waals surface area contributed by atoms with Gasteiger partial charge in [0.15, 0.2) is 5.96 Å². The molecular weight excluding hydrogens is 380 g/mol. The summed E-state index contributed by atoms with van der Waals surface area (Å²) in [4.78, 5) is 9.92. The third kappa shape index (κ3) is 7.23. The summed E-state index contributed by atoms with van der Waals surface area (Å²) >= 11 is 1.74. The lowest BCUT2D eigenvalue weighted by molar-refractivity contribution is 0.306. The summed E-state index contributed by atoms with van der Waals surface area (Å²) in [7, 11) is 1.79. The van der Waals surface area contributed by atoms with Gasteiger partial charge in [-0.15, -0.1) is 11.3 Å². The molecule has 0 aliphatic heterocycles. The van der Waals surface area contributed by atoms with Crippen molar-refractivity contribution in [2.45, 2.75) is 26.4 Å². The number of guanidine groups is 1. The smallest absolute Gasteiger partial charge is 0.191 e. The zero-order valence-corrected chi connectivity index (χ0v) is 17.8. The van der Waals surface area contributed by atoms with Crippen LogP contribution in [-0.4, -0.2) is 31.1 Å². The number of nitrogens with one attached hydrogen (secondary N) is 2. The van der Waals surface area contributed by atoms with Crippen molar-refractivity contribution in [3.05, 3.63) is 81.8 Å². The molecule has 5 nitrogen and oxygen atoms in total. The molecular formula is C23H28N4OS. The van der Waals surface area contributed by atoms with Gasteiger partial charge in [-0.25, -0.2) is 4.98 Å². The molecule has 0 fully saturated rings. The van der Waals surface area contributed by atoms with E-state index < -0.39 is 0 Å². The first-order valence-corrected chi connectivity index (χ1v) is 10.7. The summed E-state index contributed by atoms with van der Waals surface area (Å²) in [5.74, 6) is 1.71. The molecule has 0 amide bonds. The topological polar surface area (TPSA) is 58.5 Å². The van der Waals surface area contributed by atoms with Gasteiger partial charge in [-0.05, 0) is 36.6 Å². The summed E-state index contributed by atoms with van der Waals surface area (Å²) in [6, 6.07) is 18.5. The van der Waals surface area contributed by atoms with E-state index in [4.69, 9.17) is 4.74 Å². The summed E-state index contributed by atoms with van der Waals surface area (Å²) in [5, 5.41) is 7.85. The first-order valence-electron chi connectivity index (χ1n) is 9.84. The maximum atomic E-state index is 5.84. The summed E-state index contributed by atoms with van der Waals surface area (Å²) in [6.45, 7) is 4.31. The number of hydrogen-bond acceptors (Lipinski definition) is 4. The number of aromatic nitrogens is 1. The third-order valence-electron chi connectivity index (χ3n) is 4.40. The molecule has 0 atom stereocenters. The molecule has 0 unspecified atom stereocenters. The number of benzene rings is 2. The van der Waals surface area contributed by atoms with Gasteiger partial charge in [0.05, 0.1) is 5.01 Å². The first-order chi connectivity index (χ1) is 14.2. The van der Waals surface area contributed by atoms with Gasteiger partial charge >= 0.3 is 0 Å². The fraction of sp³-hybridized carbons (Fsp3) is 0.304. The SMILES string of the molecule is CN=C(NCCc1ccc(OCc2ccccc2)cc1)NCCc1ncc(C)s1. The van der Waals surface area contributed by atoms with Crippen molar-refractivity contribution in [2.24, 2.45) is 4.99 Å². The van der Waals surface area contributed by atoms with E-state index in [1.165, 1.54) is 16.0 Å². The minimum absolute atomic E-state index is 0.588. The highest BCUT2D eigenvalue weighted by atomic mass is 32.1. The van der Waals surface area contributed by atoms with Gasteiger partial charge in [-0.2, -0.15) is 0 Å². The highest BCUT2D eigenvalue weighted by molar-refractivity contribution is 7.11. The largest absolute Gasteiger partial charge is 0.489 e. The Morgan fingerprint density at radius 1 is 0.966 bits per heavy atom. The van der Waals surface area contributed by atoms with Crippen LogP contribution in [0.1, 0.15) is 21.0 Å². The van der Waals surface area contributed by atoms with Gasteiger partial charge in [0.1, 0.15) is 12.4 Å². The number of nitrogens with zero attached hydrogens (tertiary/aromatic N) is 2. The van der Waals surface area contributed by atoms with Gasteiger partial charge in [-0.1, -0.05) is 42.5 Å². The molecule has 0 saturated carbocycles. The van der Waals surface area contributed by atoms with Crippen LogP contribution in [0.15, 0.2) is 65.8 Å². The Kier molecular flexibility index (Phi) is 8.07. The fourth-order valence-electron chi connectivity index (χ4n) is 2.84. The van der Waals surface area contributed by atoms with Crippen LogP contribution in [0.5, 0.6) is 5.75 Å². The molecule has 3 rings (SSSR count). The van der Waals surface area contributed by atoms with Gasteiger partial charge in [-0.3, -0.25) is 4.99 Å². The van der Waals surface area contributed by atoms with E-state index in [-0.39, 0.29) is 0 Å². The van der Waals surface area contributed by atoms with Crippen LogP contribution in [0.2, 0.25) is 0 Å². The number of thiazole rings is 1. The van der Waals surface area contributed by atoms with Crippen molar-refractivity contribution in [1.29, 1.82) is 0 Å². The molecule has 2 N–H and O–H groups in total. The van der Waals surface area contributed by atoms with Crippen molar-refractivity contribution < 1.29 is 4.74 Å². The van der Waals surface area contributed by atoms with E-state index in [1.54, 1.807) is 18.4 Å². The predicted octanol–water partition coefficient (Wildman–Crippen LogP) is 3.98. The van der Waals surface area contributed by atoms with Gasteiger partial charge in [0.25, 0.3) is 0 Å². The molecule has 0 radical (unpaired) electrons. The van der Waals surface area contributed by atoms with Crippen molar-refractivity contribution in [3.8, 4) is 5.75 Å². The highest BCUT2D eigenvalue weighted by Gasteiger charge is 2.02. The molecule has 29 heavy (non-hydrogen) atoms. The first kappa shape index (κ1) is 20.9. The average molecular weight is 409 g/mol. The second kappa shape index (κ2) is 11.2. The van der Waals surface area contributed by atoms with Crippen molar-refractivity contribution >= 4 is 17.3 Å². The lowest BCUT2D eigenvalue weighted by Crippen LogP contribution is -2.39. The van der Waals surface area contributed by atoms with Crippen molar-refractivity contribution in [3.63, 3.8) is 0 Å². The number of ether oxygens (including phenoxy) is 1. The quantitative estimate of drug-likeness (QED) is 0.415. The molecule has 0 saturated heterocycles.